The summed E-state index contributed by atoms with van der Waals surface area (Å²) in [5.41, 5.74) is 8.70. The Labute approximate surface area is 178 Å². The molecule has 0 saturated heterocycles. The van der Waals surface area contributed by atoms with Crippen LogP contribution < -0.4 is 20.5 Å². The maximum Gasteiger partial charge on any atom is 0.255 e. The lowest BCUT2D eigenvalue weighted by Crippen LogP contribution is -2.29. The number of carbonyl (C=O) groups is 1. The maximum absolute atomic E-state index is 12.5. The molecule has 1 aliphatic heterocycles. The standard InChI is InChI=1S/C20H25N3O3.2ClH/c1-4-23(13(2)3)11-14-5-7-15(8-6-14)20(24)22-17-10-19-18(9-16(17)21)25-12-26-19;;/h5-10,13H,4,11-12,21H2,1-3H3,(H,22,24);2*1H. The van der Waals surface area contributed by atoms with Crippen molar-refractivity contribution in [3.63, 3.8) is 0 Å². The number of benzene rings is 2. The zero-order valence-electron chi connectivity index (χ0n) is 16.2. The monoisotopic (exact) mass is 427 g/mol. The van der Waals surface area contributed by atoms with Crippen LogP contribution in [0.25, 0.3) is 0 Å². The molecule has 2 aromatic rings. The lowest BCUT2D eigenvalue weighted by molar-refractivity contribution is 0.102. The molecule has 0 aromatic heterocycles. The summed E-state index contributed by atoms with van der Waals surface area (Å²) in [6.07, 6.45) is 0. The Kier molecular flexibility index (Phi) is 8.88. The van der Waals surface area contributed by atoms with E-state index >= 15 is 0 Å². The lowest BCUT2D eigenvalue weighted by Gasteiger charge is -2.24. The number of ether oxygens (including phenoxy) is 2. The van der Waals surface area contributed by atoms with Gasteiger partial charge in [0.15, 0.2) is 11.5 Å². The fourth-order valence-electron chi connectivity index (χ4n) is 2.92. The minimum absolute atomic E-state index is 0. The lowest BCUT2D eigenvalue weighted by atomic mass is 10.1. The molecule has 0 aliphatic carbocycles. The van der Waals surface area contributed by atoms with Gasteiger partial charge in [0.25, 0.3) is 5.91 Å². The number of hydrogen-bond acceptors (Lipinski definition) is 5. The zero-order valence-corrected chi connectivity index (χ0v) is 17.9. The third-order valence-corrected chi connectivity index (χ3v) is 4.53. The highest BCUT2D eigenvalue weighted by Crippen LogP contribution is 2.38. The number of carbonyl (C=O) groups excluding carboxylic acids is 1. The molecular formula is C20H27Cl2N3O3. The predicted octanol–water partition coefficient (Wildman–Crippen LogP) is 4.32. The summed E-state index contributed by atoms with van der Waals surface area (Å²) in [5, 5.41) is 2.84. The minimum Gasteiger partial charge on any atom is -0.454 e. The van der Waals surface area contributed by atoms with Crippen molar-refractivity contribution >= 4 is 42.1 Å². The number of nitrogens with two attached hydrogens (primary N) is 1. The SMILES string of the molecule is CCN(Cc1ccc(C(=O)Nc2cc3c(cc2N)OCO3)cc1)C(C)C.Cl.Cl. The average molecular weight is 428 g/mol. The smallest absolute Gasteiger partial charge is 0.255 e. The Morgan fingerprint density at radius 2 is 1.75 bits per heavy atom. The van der Waals surface area contributed by atoms with Crippen molar-refractivity contribution < 1.29 is 14.3 Å². The third-order valence-electron chi connectivity index (χ3n) is 4.53. The topological polar surface area (TPSA) is 76.8 Å². The Hall–Kier alpha value is -2.15. The second kappa shape index (κ2) is 10.4. The molecule has 154 valence electrons. The molecule has 0 saturated carbocycles. The number of anilines is 2. The van der Waals surface area contributed by atoms with Crippen molar-refractivity contribution in [1.29, 1.82) is 0 Å². The van der Waals surface area contributed by atoms with Crippen molar-refractivity contribution in [3.05, 3.63) is 47.5 Å². The van der Waals surface area contributed by atoms with E-state index in [2.05, 4.69) is 31.0 Å². The number of amides is 1. The Balaban J connectivity index is 0.00000196. The van der Waals surface area contributed by atoms with E-state index in [0.717, 1.165) is 13.1 Å². The summed E-state index contributed by atoms with van der Waals surface area (Å²) < 4.78 is 10.6. The predicted molar refractivity (Wildman–Crippen MR) is 117 cm³/mol. The second-order valence-corrected chi connectivity index (χ2v) is 6.60. The summed E-state index contributed by atoms with van der Waals surface area (Å²) >= 11 is 0. The third kappa shape index (κ3) is 5.44. The van der Waals surface area contributed by atoms with Gasteiger partial charge in [0.05, 0.1) is 11.4 Å². The summed E-state index contributed by atoms with van der Waals surface area (Å²) in [6.45, 7) is 8.53. The van der Waals surface area contributed by atoms with Crippen molar-refractivity contribution in [2.75, 3.05) is 24.4 Å². The van der Waals surface area contributed by atoms with Crippen LogP contribution in [-0.2, 0) is 6.54 Å². The zero-order chi connectivity index (χ0) is 18.7. The largest absolute Gasteiger partial charge is 0.454 e. The van der Waals surface area contributed by atoms with Gasteiger partial charge in [-0.3, -0.25) is 9.69 Å². The van der Waals surface area contributed by atoms with E-state index in [1.807, 2.05) is 24.3 Å². The van der Waals surface area contributed by atoms with Gasteiger partial charge in [-0.05, 0) is 38.1 Å². The summed E-state index contributed by atoms with van der Waals surface area (Å²) in [4.78, 5) is 14.9. The van der Waals surface area contributed by atoms with Gasteiger partial charge in [-0.15, -0.1) is 24.8 Å². The van der Waals surface area contributed by atoms with Crippen LogP contribution >= 0.6 is 24.8 Å². The molecule has 28 heavy (non-hydrogen) atoms. The number of nitrogens with one attached hydrogen (secondary N) is 1. The normalized spacial score (nSPS) is 11.8. The molecule has 6 nitrogen and oxygen atoms in total. The number of fused-ring (bicyclic) bond motifs is 1. The molecule has 1 amide bonds. The highest BCUT2D eigenvalue weighted by Gasteiger charge is 2.18. The quantitative estimate of drug-likeness (QED) is 0.670. The molecule has 0 atom stereocenters. The molecular weight excluding hydrogens is 401 g/mol. The molecule has 2 aromatic carbocycles. The minimum atomic E-state index is -0.210. The van der Waals surface area contributed by atoms with Gasteiger partial charge in [-0.2, -0.15) is 0 Å². The van der Waals surface area contributed by atoms with Crippen LogP contribution in [0.4, 0.5) is 11.4 Å². The molecule has 1 heterocycles. The van der Waals surface area contributed by atoms with E-state index in [-0.39, 0.29) is 37.5 Å². The molecule has 0 fully saturated rings. The van der Waals surface area contributed by atoms with E-state index in [0.29, 0.717) is 34.5 Å². The van der Waals surface area contributed by atoms with Crippen LogP contribution in [0.3, 0.4) is 0 Å². The van der Waals surface area contributed by atoms with Gasteiger partial charge in [-0.1, -0.05) is 19.1 Å². The Bertz CT molecular complexity index is 798. The van der Waals surface area contributed by atoms with Crippen molar-refractivity contribution in [3.8, 4) is 11.5 Å². The Morgan fingerprint density at radius 1 is 1.14 bits per heavy atom. The van der Waals surface area contributed by atoms with Crippen LogP contribution in [0, 0.1) is 0 Å². The number of nitrogen functional groups attached to an aromatic ring is 1. The first-order valence-corrected chi connectivity index (χ1v) is 8.81. The number of nitrogens with zero attached hydrogens (tertiary/aromatic N) is 1. The van der Waals surface area contributed by atoms with Crippen LogP contribution in [0.15, 0.2) is 36.4 Å². The maximum atomic E-state index is 12.5. The fourth-order valence-corrected chi connectivity index (χ4v) is 2.92. The highest BCUT2D eigenvalue weighted by molar-refractivity contribution is 6.06. The molecule has 1 aliphatic rings. The second-order valence-electron chi connectivity index (χ2n) is 6.60. The van der Waals surface area contributed by atoms with E-state index in [9.17, 15) is 4.79 Å². The van der Waals surface area contributed by atoms with Crippen LogP contribution in [0.1, 0.15) is 36.7 Å². The number of hydrogen-bond donors (Lipinski definition) is 2. The van der Waals surface area contributed by atoms with E-state index in [1.54, 1.807) is 12.1 Å². The molecule has 3 rings (SSSR count). The summed E-state index contributed by atoms with van der Waals surface area (Å²) in [7, 11) is 0. The van der Waals surface area contributed by atoms with Crippen molar-refractivity contribution in [2.45, 2.75) is 33.4 Å². The van der Waals surface area contributed by atoms with Gasteiger partial charge in [0.2, 0.25) is 6.79 Å². The number of rotatable bonds is 6. The van der Waals surface area contributed by atoms with Gasteiger partial charge in [0, 0.05) is 30.3 Å². The first kappa shape index (κ1) is 23.9. The van der Waals surface area contributed by atoms with Gasteiger partial charge < -0.3 is 20.5 Å². The summed E-state index contributed by atoms with van der Waals surface area (Å²) in [5.74, 6) is 0.965. The van der Waals surface area contributed by atoms with E-state index in [4.69, 9.17) is 15.2 Å². The molecule has 3 N–H and O–H groups in total. The molecule has 0 radical (unpaired) electrons. The van der Waals surface area contributed by atoms with Gasteiger partial charge >= 0.3 is 0 Å². The average Bonchev–Trinajstić information content (AvgIpc) is 3.07. The summed E-state index contributed by atoms with van der Waals surface area (Å²) in [6, 6.07) is 11.5. The van der Waals surface area contributed by atoms with E-state index in [1.165, 1.54) is 5.56 Å². The molecule has 0 spiro atoms. The first-order valence-electron chi connectivity index (χ1n) is 8.81. The molecule has 0 unspecified atom stereocenters. The Morgan fingerprint density at radius 3 is 2.32 bits per heavy atom. The van der Waals surface area contributed by atoms with Gasteiger partial charge in [-0.25, -0.2) is 0 Å². The molecule has 0 bridgehead atoms. The van der Waals surface area contributed by atoms with Crippen molar-refractivity contribution in [1.82, 2.24) is 4.90 Å². The number of halogens is 2. The highest BCUT2D eigenvalue weighted by atomic mass is 35.5. The van der Waals surface area contributed by atoms with Crippen LogP contribution in [-0.4, -0.2) is 30.2 Å². The van der Waals surface area contributed by atoms with Crippen molar-refractivity contribution in [2.24, 2.45) is 0 Å². The first-order chi connectivity index (χ1) is 12.5. The fraction of sp³-hybridized carbons (Fsp3) is 0.350. The molecule has 8 heteroatoms. The van der Waals surface area contributed by atoms with Gasteiger partial charge in [0.1, 0.15) is 0 Å². The van der Waals surface area contributed by atoms with E-state index < -0.39 is 0 Å². The van der Waals surface area contributed by atoms with Crippen LogP contribution in [0.5, 0.6) is 11.5 Å². The van der Waals surface area contributed by atoms with Crippen LogP contribution in [0.2, 0.25) is 0 Å².